The number of anilines is 1. The summed E-state index contributed by atoms with van der Waals surface area (Å²) in [5, 5.41) is 11.3. The monoisotopic (exact) mass is 456 g/mol. The zero-order valence-corrected chi connectivity index (χ0v) is 19.8. The van der Waals surface area contributed by atoms with Gasteiger partial charge >= 0.3 is 0 Å². The lowest BCUT2D eigenvalue weighted by Gasteiger charge is -2.27. The number of ether oxygens (including phenoxy) is 1. The molecule has 0 saturated carbocycles. The van der Waals surface area contributed by atoms with E-state index >= 15 is 0 Å². The van der Waals surface area contributed by atoms with Crippen molar-refractivity contribution in [2.45, 2.75) is 33.7 Å². The summed E-state index contributed by atoms with van der Waals surface area (Å²) in [5.74, 6) is -0.713. The Morgan fingerprint density at radius 2 is 1.79 bits per heavy atom. The van der Waals surface area contributed by atoms with E-state index in [-0.39, 0.29) is 11.3 Å². The Kier molecular flexibility index (Phi) is 6.50. The van der Waals surface area contributed by atoms with Gasteiger partial charge in [0.2, 0.25) is 0 Å². The molecule has 1 unspecified atom stereocenters. The lowest BCUT2D eigenvalue weighted by atomic mass is 9.95. The van der Waals surface area contributed by atoms with Crippen molar-refractivity contribution in [3.05, 3.63) is 94.8 Å². The first-order chi connectivity index (χ1) is 16.3. The number of amides is 1. The summed E-state index contributed by atoms with van der Waals surface area (Å²) in [6.07, 6.45) is 3.22. The minimum Gasteiger partial charge on any atom is -0.507 e. The topological polar surface area (TPSA) is 79.7 Å². The van der Waals surface area contributed by atoms with Gasteiger partial charge in [-0.3, -0.25) is 19.5 Å². The highest BCUT2D eigenvalue weighted by Crippen LogP contribution is 2.43. The second kappa shape index (κ2) is 9.51. The molecule has 1 aromatic heterocycles. The van der Waals surface area contributed by atoms with Gasteiger partial charge in [-0.2, -0.15) is 0 Å². The number of rotatable bonds is 6. The number of benzene rings is 2. The third-order valence-electron chi connectivity index (χ3n) is 5.78. The quantitative estimate of drug-likeness (QED) is 0.307. The highest BCUT2D eigenvalue weighted by molar-refractivity contribution is 6.51. The summed E-state index contributed by atoms with van der Waals surface area (Å²) >= 11 is 0. The molecule has 0 aliphatic carbocycles. The zero-order chi connectivity index (χ0) is 24.4. The van der Waals surface area contributed by atoms with E-state index in [9.17, 15) is 14.7 Å². The number of nitrogens with zero attached hydrogens (tertiary/aromatic N) is 2. The van der Waals surface area contributed by atoms with Crippen LogP contribution in [0.2, 0.25) is 0 Å². The number of hydrogen-bond donors (Lipinski definition) is 1. The van der Waals surface area contributed by atoms with Crippen molar-refractivity contribution in [3.63, 3.8) is 0 Å². The molecule has 1 amide bonds. The Hall–Kier alpha value is -3.93. The molecule has 1 N–H and O–H groups in total. The number of aryl methyl sites for hydroxylation is 2. The van der Waals surface area contributed by atoms with Crippen LogP contribution in [-0.4, -0.2) is 28.4 Å². The van der Waals surface area contributed by atoms with Crippen molar-refractivity contribution in [2.75, 3.05) is 11.5 Å². The largest absolute Gasteiger partial charge is 0.507 e. The van der Waals surface area contributed by atoms with E-state index in [1.807, 2.05) is 45.9 Å². The van der Waals surface area contributed by atoms with E-state index in [2.05, 4.69) is 4.98 Å². The normalized spacial score (nSPS) is 17.4. The number of pyridine rings is 1. The average molecular weight is 457 g/mol. The average Bonchev–Trinajstić information content (AvgIpc) is 3.10. The first kappa shape index (κ1) is 23.2. The van der Waals surface area contributed by atoms with Crippen molar-refractivity contribution in [1.82, 2.24) is 4.98 Å². The standard InChI is InChI=1S/C28H28N2O4/c1-17(2)16-34-22-7-5-6-21(15-22)26(31)24-25(20-10-12-29-13-11-20)30(28(33)27(24)32)23-14-18(3)8-9-19(23)4/h5-15,17,25,31H,16H2,1-4H3/b26-24+. The second-order valence-corrected chi connectivity index (χ2v) is 8.97. The van der Waals surface area contributed by atoms with Gasteiger partial charge in [-0.1, -0.05) is 38.1 Å². The first-order valence-corrected chi connectivity index (χ1v) is 11.3. The van der Waals surface area contributed by atoms with Gasteiger partial charge in [-0.15, -0.1) is 0 Å². The lowest BCUT2D eigenvalue weighted by Crippen LogP contribution is -2.30. The third-order valence-corrected chi connectivity index (χ3v) is 5.78. The van der Waals surface area contributed by atoms with Gasteiger partial charge in [0.15, 0.2) is 0 Å². The summed E-state index contributed by atoms with van der Waals surface area (Å²) in [6.45, 7) is 8.45. The number of aliphatic hydroxyl groups excluding tert-OH is 1. The van der Waals surface area contributed by atoms with Gasteiger partial charge < -0.3 is 9.84 Å². The summed E-state index contributed by atoms with van der Waals surface area (Å²) in [5.41, 5.74) is 3.60. The van der Waals surface area contributed by atoms with Crippen LogP contribution in [0.1, 0.15) is 42.1 Å². The van der Waals surface area contributed by atoms with Crippen molar-refractivity contribution < 1.29 is 19.4 Å². The number of carbonyl (C=O) groups is 2. The van der Waals surface area contributed by atoms with Crippen LogP contribution in [0.25, 0.3) is 5.76 Å². The van der Waals surface area contributed by atoms with Crippen molar-refractivity contribution in [1.29, 1.82) is 0 Å². The van der Waals surface area contributed by atoms with E-state index in [0.717, 1.165) is 11.1 Å². The number of aromatic nitrogens is 1. The van der Waals surface area contributed by atoms with Gasteiger partial charge in [0.1, 0.15) is 11.5 Å². The molecular formula is C28H28N2O4. The predicted octanol–water partition coefficient (Wildman–Crippen LogP) is 5.36. The van der Waals surface area contributed by atoms with Crippen LogP contribution >= 0.6 is 0 Å². The summed E-state index contributed by atoms with van der Waals surface area (Å²) in [4.78, 5) is 32.2. The predicted molar refractivity (Wildman–Crippen MR) is 132 cm³/mol. The van der Waals surface area contributed by atoms with Crippen LogP contribution in [0.15, 0.2) is 72.6 Å². The minimum absolute atomic E-state index is 0.0399. The van der Waals surface area contributed by atoms with Crippen LogP contribution in [-0.2, 0) is 9.59 Å². The summed E-state index contributed by atoms with van der Waals surface area (Å²) < 4.78 is 5.80. The Morgan fingerprint density at radius 3 is 2.50 bits per heavy atom. The summed E-state index contributed by atoms with van der Waals surface area (Å²) in [7, 11) is 0. The van der Waals surface area contributed by atoms with Crippen LogP contribution in [0, 0.1) is 19.8 Å². The molecule has 34 heavy (non-hydrogen) atoms. The highest BCUT2D eigenvalue weighted by atomic mass is 16.5. The van der Waals surface area contributed by atoms with Gasteiger partial charge in [-0.25, -0.2) is 0 Å². The molecule has 1 atom stereocenters. The number of Topliss-reactive ketones (excluding diaryl/α,β-unsaturated/α-hetero) is 1. The molecule has 0 bridgehead atoms. The molecule has 1 fully saturated rings. The van der Waals surface area contributed by atoms with Crippen molar-refractivity contribution >= 4 is 23.1 Å². The Morgan fingerprint density at radius 1 is 1.06 bits per heavy atom. The Labute approximate surface area is 199 Å². The van der Waals surface area contributed by atoms with Crippen LogP contribution in [0.4, 0.5) is 5.69 Å². The molecule has 174 valence electrons. The molecule has 2 aromatic carbocycles. The molecule has 1 aliphatic heterocycles. The second-order valence-electron chi connectivity index (χ2n) is 8.97. The molecular weight excluding hydrogens is 428 g/mol. The molecule has 1 aliphatic rings. The minimum atomic E-state index is -0.788. The fraction of sp³-hybridized carbons (Fsp3) is 0.250. The molecule has 0 spiro atoms. The Balaban J connectivity index is 1.88. The smallest absolute Gasteiger partial charge is 0.300 e. The van der Waals surface area contributed by atoms with Gasteiger partial charge in [0, 0.05) is 23.6 Å². The molecule has 3 aromatic rings. The molecule has 1 saturated heterocycles. The van der Waals surface area contributed by atoms with Gasteiger partial charge in [-0.05, 0) is 66.8 Å². The maximum absolute atomic E-state index is 13.3. The number of carbonyl (C=O) groups excluding carboxylic acids is 2. The molecule has 6 nitrogen and oxygen atoms in total. The van der Waals surface area contributed by atoms with E-state index < -0.39 is 17.7 Å². The fourth-order valence-electron chi connectivity index (χ4n) is 4.07. The van der Waals surface area contributed by atoms with E-state index in [1.54, 1.807) is 48.8 Å². The highest BCUT2D eigenvalue weighted by Gasteiger charge is 2.47. The number of aliphatic hydroxyl groups is 1. The van der Waals surface area contributed by atoms with E-state index in [0.29, 0.717) is 35.1 Å². The van der Waals surface area contributed by atoms with E-state index in [4.69, 9.17) is 4.74 Å². The molecule has 4 rings (SSSR count). The maximum Gasteiger partial charge on any atom is 0.300 e. The van der Waals surface area contributed by atoms with E-state index in [1.165, 1.54) is 4.90 Å². The number of ketones is 1. The summed E-state index contributed by atoms with van der Waals surface area (Å²) in [6, 6.07) is 15.4. The lowest BCUT2D eigenvalue weighted by molar-refractivity contribution is -0.132. The first-order valence-electron chi connectivity index (χ1n) is 11.3. The fourth-order valence-corrected chi connectivity index (χ4v) is 4.07. The van der Waals surface area contributed by atoms with Crippen LogP contribution in [0.3, 0.4) is 0 Å². The van der Waals surface area contributed by atoms with Crippen molar-refractivity contribution in [2.24, 2.45) is 5.92 Å². The molecule has 2 heterocycles. The molecule has 0 radical (unpaired) electrons. The zero-order valence-electron chi connectivity index (χ0n) is 19.8. The van der Waals surface area contributed by atoms with Crippen molar-refractivity contribution in [3.8, 4) is 5.75 Å². The van der Waals surface area contributed by atoms with Crippen LogP contribution in [0.5, 0.6) is 5.75 Å². The number of hydrogen-bond acceptors (Lipinski definition) is 5. The SMILES string of the molecule is Cc1ccc(C)c(N2C(=O)C(=O)/C(=C(/O)c3cccc(OCC(C)C)c3)C2c2ccncc2)c1. The van der Waals surface area contributed by atoms with Gasteiger partial charge in [0.05, 0.1) is 18.2 Å². The molecule has 6 heteroatoms. The van der Waals surface area contributed by atoms with Crippen LogP contribution < -0.4 is 9.64 Å². The maximum atomic E-state index is 13.3. The van der Waals surface area contributed by atoms with Gasteiger partial charge in [0.25, 0.3) is 11.7 Å². The third kappa shape index (κ3) is 4.44. The Bertz CT molecular complexity index is 1260.